The van der Waals surface area contributed by atoms with Crippen molar-refractivity contribution in [2.75, 3.05) is 12.5 Å². The van der Waals surface area contributed by atoms with Gasteiger partial charge in [0, 0.05) is 10.9 Å². The fraction of sp³-hybridized carbons (Fsp3) is 0.417. The molecule has 0 spiro atoms. The largest absolute Gasteiger partial charge is 0.462 e. The molecule has 0 bridgehead atoms. The molecular formula is C12H14Cl2O2. The first kappa shape index (κ1) is 13.3. The monoisotopic (exact) mass is 260 g/mol. The fourth-order valence-electron chi connectivity index (χ4n) is 1.42. The lowest BCUT2D eigenvalue weighted by Crippen LogP contribution is -2.08. The minimum Gasteiger partial charge on any atom is -0.462 e. The molecule has 1 aromatic rings. The second kappa shape index (κ2) is 6.77. The Bertz CT molecular complexity index is 364. The molecule has 0 saturated heterocycles. The van der Waals surface area contributed by atoms with Gasteiger partial charge in [-0.3, -0.25) is 0 Å². The summed E-state index contributed by atoms with van der Waals surface area (Å²) in [6, 6.07) is 5.26. The topological polar surface area (TPSA) is 26.3 Å². The van der Waals surface area contributed by atoms with Crippen LogP contribution < -0.4 is 0 Å². The molecule has 0 aliphatic heterocycles. The highest BCUT2D eigenvalue weighted by molar-refractivity contribution is 6.31. The van der Waals surface area contributed by atoms with Gasteiger partial charge in [0.05, 0.1) is 12.2 Å². The van der Waals surface area contributed by atoms with Crippen molar-refractivity contribution < 1.29 is 9.53 Å². The maximum absolute atomic E-state index is 11.7. The molecule has 0 N–H and O–H groups in total. The lowest BCUT2D eigenvalue weighted by molar-refractivity contribution is 0.0525. The number of carbonyl (C=O) groups is 1. The molecule has 4 heteroatoms. The molecule has 0 aliphatic carbocycles. The maximum atomic E-state index is 11.7. The first-order valence-corrected chi connectivity index (χ1v) is 6.11. The number of ether oxygens (including phenoxy) is 1. The SMILES string of the molecule is CCOC(=O)c1cc(Cl)ccc1CCCCl. The van der Waals surface area contributed by atoms with Gasteiger partial charge in [-0.25, -0.2) is 4.79 Å². The molecule has 0 radical (unpaired) electrons. The van der Waals surface area contributed by atoms with E-state index in [9.17, 15) is 4.79 Å². The number of rotatable bonds is 5. The number of alkyl halides is 1. The number of hydrogen-bond acceptors (Lipinski definition) is 2. The molecule has 0 aliphatic rings. The minimum absolute atomic E-state index is 0.324. The van der Waals surface area contributed by atoms with Crippen LogP contribution in [0.5, 0.6) is 0 Å². The summed E-state index contributed by atoms with van der Waals surface area (Å²) in [6.07, 6.45) is 1.59. The van der Waals surface area contributed by atoms with Crippen LogP contribution in [-0.4, -0.2) is 18.5 Å². The normalized spacial score (nSPS) is 10.2. The van der Waals surface area contributed by atoms with E-state index in [2.05, 4.69) is 0 Å². The number of benzene rings is 1. The lowest BCUT2D eigenvalue weighted by Gasteiger charge is -2.08. The molecule has 0 fully saturated rings. The van der Waals surface area contributed by atoms with Crippen LogP contribution in [0.3, 0.4) is 0 Å². The average Bonchev–Trinajstić information content (AvgIpc) is 2.27. The van der Waals surface area contributed by atoms with E-state index in [4.69, 9.17) is 27.9 Å². The number of hydrogen-bond donors (Lipinski definition) is 0. The summed E-state index contributed by atoms with van der Waals surface area (Å²) < 4.78 is 4.97. The third-order valence-electron chi connectivity index (χ3n) is 2.15. The van der Waals surface area contributed by atoms with Crippen molar-refractivity contribution in [1.29, 1.82) is 0 Å². The van der Waals surface area contributed by atoms with Crippen molar-refractivity contribution in [2.24, 2.45) is 0 Å². The van der Waals surface area contributed by atoms with Gasteiger partial charge in [-0.1, -0.05) is 17.7 Å². The third-order valence-corrected chi connectivity index (χ3v) is 2.65. The van der Waals surface area contributed by atoms with Crippen LogP contribution in [-0.2, 0) is 11.2 Å². The quantitative estimate of drug-likeness (QED) is 0.596. The van der Waals surface area contributed by atoms with E-state index in [0.29, 0.717) is 23.1 Å². The van der Waals surface area contributed by atoms with Gasteiger partial charge in [0.1, 0.15) is 0 Å². The summed E-state index contributed by atoms with van der Waals surface area (Å²) in [7, 11) is 0. The van der Waals surface area contributed by atoms with E-state index in [1.54, 1.807) is 19.1 Å². The molecular weight excluding hydrogens is 247 g/mol. The fourth-order valence-corrected chi connectivity index (χ4v) is 1.73. The van der Waals surface area contributed by atoms with E-state index in [1.807, 2.05) is 6.07 Å². The molecule has 2 nitrogen and oxygen atoms in total. The summed E-state index contributed by atoms with van der Waals surface area (Å²) in [5, 5.41) is 0.540. The Morgan fingerprint density at radius 2 is 2.19 bits per heavy atom. The van der Waals surface area contributed by atoms with Crippen molar-refractivity contribution in [1.82, 2.24) is 0 Å². The molecule has 1 aromatic carbocycles. The van der Waals surface area contributed by atoms with Gasteiger partial charge in [-0.2, -0.15) is 0 Å². The molecule has 0 unspecified atom stereocenters. The van der Waals surface area contributed by atoms with Gasteiger partial charge in [0.2, 0.25) is 0 Å². The first-order valence-electron chi connectivity index (χ1n) is 5.20. The highest BCUT2D eigenvalue weighted by Gasteiger charge is 2.12. The summed E-state index contributed by atoms with van der Waals surface area (Å²) in [5.41, 5.74) is 1.47. The molecule has 0 heterocycles. The van der Waals surface area contributed by atoms with Gasteiger partial charge in [-0.15, -0.1) is 11.6 Å². The Morgan fingerprint density at radius 1 is 1.44 bits per heavy atom. The smallest absolute Gasteiger partial charge is 0.338 e. The highest BCUT2D eigenvalue weighted by Crippen LogP contribution is 2.18. The predicted molar refractivity (Wildman–Crippen MR) is 66.4 cm³/mol. The van der Waals surface area contributed by atoms with Crippen LogP contribution in [0.4, 0.5) is 0 Å². The molecule has 88 valence electrons. The maximum Gasteiger partial charge on any atom is 0.338 e. The van der Waals surface area contributed by atoms with E-state index in [0.717, 1.165) is 18.4 Å². The van der Waals surface area contributed by atoms with Crippen molar-refractivity contribution in [3.05, 3.63) is 34.3 Å². The molecule has 0 saturated carbocycles. The first-order chi connectivity index (χ1) is 7.69. The van der Waals surface area contributed by atoms with Gasteiger partial charge in [0.15, 0.2) is 0 Å². The third kappa shape index (κ3) is 3.69. The van der Waals surface area contributed by atoms with Crippen LogP contribution in [0.2, 0.25) is 5.02 Å². The summed E-state index contributed by atoms with van der Waals surface area (Å²) in [6.45, 7) is 2.14. The van der Waals surface area contributed by atoms with Crippen molar-refractivity contribution >= 4 is 29.2 Å². The predicted octanol–water partition coefficient (Wildman–Crippen LogP) is 3.69. The number of carbonyl (C=O) groups excluding carboxylic acids is 1. The van der Waals surface area contributed by atoms with Crippen LogP contribution in [0.25, 0.3) is 0 Å². The second-order valence-corrected chi connectivity index (χ2v) is 4.13. The van der Waals surface area contributed by atoms with Gasteiger partial charge in [-0.05, 0) is 37.5 Å². The Kier molecular flexibility index (Phi) is 5.64. The highest BCUT2D eigenvalue weighted by atomic mass is 35.5. The molecule has 1 rings (SSSR count). The van der Waals surface area contributed by atoms with Crippen LogP contribution in [0.1, 0.15) is 29.3 Å². The molecule has 0 amide bonds. The number of halogens is 2. The van der Waals surface area contributed by atoms with Crippen molar-refractivity contribution in [3.63, 3.8) is 0 Å². The zero-order valence-electron chi connectivity index (χ0n) is 9.13. The lowest BCUT2D eigenvalue weighted by atomic mass is 10.0. The molecule has 16 heavy (non-hydrogen) atoms. The van der Waals surface area contributed by atoms with E-state index in [1.165, 1.54) is 0 Å². The minimum atomic E-state index is -0.324. The number of esters is 1. The van der Waals surface area contributed by atoms with E-state index >= 15 is 0 Å². The molecule has 0 atom stereocenters. The van der Waals surface area contributed by atoms with Crippen molar-refractivity contribution in [2.45, 2.75) is 19.8 Å². The Labute approximate surface area is 106 Å². The van der Waals surface area contributed by atoms with Gasteiger partial charge >= 0.3 is 5.97 Å². The van der Waals surface area contributed by atoms with Crippen LogP contribution in [0.15, 0.2) is 18.2 Å². The summed E-state index contributed by atoms with van der Waals surface area (Å²) >= 11 is 11.5. The van der Waals surface area contributed by atoms with Gasteiger partial charge in [0.25, 0.3) is 0 Å². The zero-order valence-corrected chi connectivity index (χ0v) is 10.6. The Balaban J connectivity index is 2.93. The zero-order chi connectivity index (χ0) is 12.0. The summed E-state index contributed by atoms with van der Waals surface area (Å²) in [5.74, 6) is 0.250. The molecule has 0 aromatic heterocycles. The standard InChI is InChI=1S/C12H14Cl2O2/c1-2-16-12(15)11-8-10(14)6-5-9(11)4-3-7-13/h5-6,8H,2-4,7H2,1H3. The second-order valence-electron chi connectivity index (χ2n) is 3.31. The number of aryl methyl sites for hydroxylation is 1. The van der Waals surface area contributed by atoms with E-state index in [-0.39, 0.29) is 5.97 Å². The van der Waals surface area contributed by atoms with Gasteiger partial charge < -0.3 is 4.74 Å². The Hall–Kier alpha value is -0.730. The van der Waals surface area contributed by atoms with Crippen LogP contribution >= 0.6 is 23.2 Å². The summed E-state index contributed by atoms with van der Waals surface area (Å²) in [4.78, 5) is 11.7. The van der Waals surface area contributed by atoms with E-state index < -0.39 is 0 Å². The van der Waals surface area contributed by atoms with Crippen molar-refractivity contribution in [3.8, 4) is 0 Å². The average molecular weight is 261 g/mol. The van der Waals surface area contributed by atoms with Crippen LogP contribution in [0, 0.1) is 0 Å². The Morgan fingerprint density at radius 3 is 2.81 bits per heavy atom.